The molecule has 0 aliphatic carbocycles. The first-order valence-corrected chi connectivity index (χ1v) is 17.1. The zero-order valence-electron chi connectivity index (χ0n) is 27.2. The van der Waals surface area contributed by atoms with Gasteiger partial charge in [0.05, 0.1) is 17.8 Å². The molecule has 5 aromatic rings. The van der Waals surface area contributed by atoms with Gasteiger partial charge < -0.3 is 25.2 Å². The fourth-order valence-corrected chi connectivity index (χ4v) is 5.45. The third kappa shape index (κ3) is 9.33. The molecule has 1 unspecified atom stereocenters. The Kier molecular flexibility index (Phi) is 10.6. The monoisotopic (exact) mass is 698 g/mol. The van der Waals surface area contributed by atoms with Crippen molar-refractivity contribution in [1.82, 2.24) is 36.2 Å². The van der Waals surface area contributed by atoms with Crippen LogP contribution >= 0.6 is 0 Å². The second-order valence-corrected chi connectivity index (χ2v) is 13.4. The average Bonchev–Trinajstić information content (AvgIpc) is 3.63. The van der Waals surface area contributed by atoms with Gasteiger partial charge in [-0.15, -0.1) is 10.2 Å². The lowest BCUT2D eigenvalue weighted by molar-refractivity contribution is -0.125. The van der Waals surface area contributed by atoms with Crippen molar-refractivity contribution in [3.63, 3.8) is 0 Å². The van der Waals surface area contributed by atoms with E-state index in [1.807, 2.05) is 30.3 Å². The minimum absolute atomic E-state index is 0.0161. The Morgan fingerprint density at radius 2 is 1.56 bits per heavy atom. The molecule has 258 valence electrons. The zero-order valence-corrected chi connectivity index (χ0v) is 28.0. The molecule has 0 saturated carbocycles. The van der Waals surface area contributed by atoms with Crippen LogP contribution in [0.15, 0.2) is 97.1 Å². The highest BCUT2D eigenvalue weighted by molar-refractivity contribution is 7.86. The van der Waals surface area contributed by atoms with Crippen LogP contribution in [0.5, 0.6) is 5.75 Å². The number of nitrogens with one attached hydrogen (secondary N) is 4. The number of H-pyrrole nitrogens is 1. The molecule has 5 N–H and O–H groups in total. The molecule has 2 heterocycles. The third-order valence-electron chi connectivity index (χ3n) is 7.43. The van der Waals surface area contributed by atoms with Gasteiger partial charge in [0.2, 0.25) is 5.82 Å². The molecule has 50 heavy (non-hydrogen) atoms. The van der Waals surface area contributed by atoms with Crippen LogP contribution in [-0.4, -0.2) is 75.3 Å². The number of rotatable bonds is 13. The van der Waals surface area contributed by atoms with Crippen LogP contribution in [0.1, 0.15) is 46.0 Å². The molecule has 0 aliphatic rings. The lowest BCUT2D eigenvalue weighted by atomic mass is 9.94. The highest BCUT2D eigenvalue weighted by Gasteiger charge is 2.30. The normalized spacial score (nSPS) is 12.7. The summed E-state index contributed by atoms with van der Waals surface area (Å²) in [4.78, 5) is 44.7. The van der Waals surface area contributed by atoms with E-state index in [4.69, 9.17) is 4.18 Å². The maximum absolute atomic E-state index is 13.7. The van der Waals surface area contributed by atoms with Gasteiger partial charge in [-0.05, 0) is 48.7 Å². The van der Waals surface area contributed by atoms with E-state index < -0.39 is 51.2 Å². The number of aromatic nitrogens is 5. The molecule has 2 atom stereocenters. The largest absolute Gasteiger partial charge is 0.382 e. The highest BCUT2D eigenvalue weighted by Crippen LogP contribution is 2.23. The van der Waals surface area contributed by atoms with Gasteiger partial charge in [0.25, 0.3) is 17.7 Å². The summed E-state index contributed by atoms with van der Waals surface area (Å²) >= 11 is 0. The van der Waals surface area contributed by atoms with Crippen molar-refractivity contribution in [1.29, 1.82) is 0 Å². The molecule has 2 aromatic heterocycles. The molecule has 0 aliphatic heterocycles. The summed E-state index contributed by atoms with van der Waals surface area (Å²) in [6, 6.07) is 25.4. The average molecular weight is 699 g/mol. The van der Waals surface area contributed by atoms with Crippen molar-refractivity contribution in [2.75, 3.05) is 11.6 Å². The van der Waals surface area contributed by atoms with E-state index in [1.165, 1.54) is 0 Å². The number of anilines is 1. The summed E-state index contributed by atoms with van der Waals surface area (Å²) < 4.78 is 29.1. The summed E-state index contributed by atoms with van der Waals surface area (Å²) in [6.07, 6.45) is -0.950. The number of pyridine rings is 1. The Labute approximate surface area is 287 Å². The molecular weight excluding hydrogens is 664 g/mol. The van der Waals surface area contributed by atoms with Crippen LogP contribution in [0.2, 0.25) is 0 Å². The van der Waals surface area contributed by atoms with Crippen molar-refractivity contribution in [3.8, 4) is 17.1 Å². The molecular formula is C34H34N8O7S. The Bertz CT molecular complexity index is 2080. The molecule has 5 rings (SSSR count). The van der Waals surface area contributed by atoms with Crippen molar-refractivity contribution < 1.29 is 32.1 Å². The second-order valence-electron chi connectivity index (χ2n) is 11.8. The number of amides is 3. The number of aliphatic hydroxyl groups is 1. The topological polar surface area (TPSA) is 218 Å². The van der Waals surface area contributed by atoms with Gasteiger partial charge >= 0.3 is 10.1 Å². The van der Waals surface area contributed by atoms with Crippen LogP contribution in [0.4, 0.5) is 5.69 Å². The number of carbonyl (C=O) groups is 3. The van der Waals surface area contributed by atoms with Crippen LogP contribution in [-0.2, 0) is 26.9 Å². The van der Waals surface area contributed by atoms with Crippen LogP contribution in [0, 0.1) is 0 Å². The van der Waals surface area contributed by atoms with Gasteiger partial charge in [0.15, 0.2) is 6.10 Å². The van der Waals surface area contributed by atoms with Crippen LogP contribution in [0.3, 0.4) is 0 Å². The van der Waals surface area contributed by atoms with Gasteiger partial charge in [-0.1, -0.05) is 72.8 Å². The Morgan fingerprint density at radius 1 is 0.900 bits per heavy atom. The fourth-order valence-electron chi connectivity index (χ4n) is 5.01. The van der Waals surface area contributed by atoms with Crippen molar-refractivity contribution in [2.24, 2.45) is 0 Å². The maximum atomic E-state index is 13.7. The van der Waals surface area contributed by atoms with Gasteiger partial charge in [0, 0.05) is 23.4 Å². The van der Waals surface area contributed by atoms with Crippen molar-refractivity contribution in [3.05, 3.63) is 120 Å². The lowest BCUT2D eigenvalue weighted by Crippen LogP contribution is -2.50. The minimum atomic E-state index is -4.07. The molecule has 0 fully saturated rings. The number of carbonyl (C=O) groups excluding carboxylic acids is 3. The van der Waals surface area contributed by atoms with Gasteiger partial charge in [-0.2, -0.15) is 13.6 Å². The maximum Gasteiger partial charge on any atom is 0.306 e. The highest BCUT2D eigenvalue weighted by atomic mass is 32.2. The fraction of sp³-hybridized carbons (Fsp3) is 0.206. The smallest absolute Gasteiger partial charge is 0.306 e. The van der Waals surface area contributed by atoms with E-state index in [0.29, 0.717) is 22.6 Å². The van der Waals surface area contributed by atoms with E-state index >= 15 is 0 Å². The number of tetrazole rings is 1. The van der Waals surface area contributed by atoms with Gasteiger partial charge in [-0.25, -0.2) is 4.98 Å². The molecule has 3 aromatic carbocycles. The Balaban J connectivity index is 1.41. The summed E-state index contributed by atoms with van der Waals surface area (Å²) in [6.45, 7) is 3.54. The molecule has 0 radical (unpaired) electrons. The molecule has 15 nitrogen and oxygen atoms in total. The predicted octanol–water partition coefficient (Wildman–Crippen LogP) is 2.61. The number of nitrogens with zero attached hydrogens (tertiary/aromatic N) is 4. The van der Waals surface area contributed by atoms with E-state index in [1.54, 1.807) is 68.4 Å². The van der Waals surface area contributed by atoms with Gasteiger partial charge in [0.1, 0.15) is 17.1 Å². The van der Waals surface area contributed by atoms with Crippen molar-refractivity contribution in [2.45, 2.75) is 38.0 Å². The minimum Gasteiger partial charge on any atom is -0.382 e. The molecule has 0 bridgehead atoms. The Hall–Kier alpha value is -6.00. The number of hydrogen-bond donors (Lipinski definition) is 5. The summed E-state index contributed by atoms with van der Waals surface area (Å²) in [5.74, 6) is -2.50. The van der Waals surface area contributed by atoms with Crippen molar-refractivity contribution >= 4 is 33.5 Å². The standard InChI is InChI=1S/C34H34N8O7S/c1-34(2,23-14-8-5-9-15-23)38-32(45)28-20-25(49-50(3,47)48)19-27(36-28)31(44)37-26(17-21-11-6-4-7-12-21)29(43)33(46)35-24-16-10-13-22(18-24)30-39-41-42-40-30/h4-16,18-20,26,29,43H,17H2,1-3H3,(H,35,46)(H,37,44)(H,38,45)(H,39,40,41,42)/t26?,29-/m0/s1. The first-order chi connectivity index (χ1) is 23.8. The Morgan fingerprint density at radius 3 is 2.20 bits per heavy atom. The van der Waals surface area contributed by atoms with E-state index in [0.717, 1.165) is 24.0 Å². The van der Waals surface area contributed by atoms with E-state index in [9.17, 15) is 27.9 Å². The van der Waals surface area contributed by atoms with E-state index in [2.05, 4.69) is 41.6 Å². The number of benzene rings is 3. The second kappa shape index (κ2) is 15.0. The SMILES string of the molecule is CC(C)(NC(=O)c1cc(OS(C)(=O)=O)cc(C(=O)NC(Cc2ccccc2)[C@H](O)C(=O)Nc2cccc(-c3nn[nH]n3)c2)n1)c1ccccc1. The molecule has 0 saturated heterocycles. The lowest BCUT2D eigenvalue weighted by Gasteiger charge is -2.27. The summed E-state index contributed by atoms with van der Waals surface area (Å²) in [7, 11) is -4.07. The first-order valence-electron chi connectivity index (χ1n) is 15.2. The quantitative estimate of drug-likeness (QED) is 0.113. The number of hydrogen-bond acceptors (Lipinski definition) is 11. The molecule has 3 amide bonds. The van der Waals surface area contributed by atoms with Gasteiger partial charge in [-0.3, -0.25) is 14.4 Å². The van der Waals surface area contributed by atoms with E-state index in [-0.39, 0.29) is 17.9 Å². The number of aromatic amines is 1. The molecule has 16 heteroatoms. The van der Waals surface area contributed by atoms with Crippen LogP contribution < -0.4 is 20.1 Å². The number of aliphatic hydroxyl groups excluding tert-OH is 1. The summed E-state index contributed by atoms with van der Waals surface area (Å²) in [5, 5.41) is 33.1. The zero-order chi connectivity index (χ0) is 35.9. The predicted molar refractivity (Wildman–Crippen MR) is 182 cm³/mol. The summed E-state index contributed by atoms with van der Waals surface area (Å²) in [5.41, 5.74) is 0.768. The first kappa shape index (κ1) is 35.3. The third-order valence-corrected chi connectivity index (χ3v) is 7.93. The molecule has 0 spiro atoms. The van der Waals surface area contributed by atoms with Crippen LogP contribution in [0.25, 0.3) is 11.4 Å².